The smallest absolute Gasteiger partial charge is 0.220 e. The second kappa shape index (κ2) is 14.7. The number of aliphatic hydroxyl groups excluding tert-OH is 1. The lowest BCUT2D eigenvalue weighted by atomic mass is 10.1. The summed E-state index contributed by atoms with van der Waals surface area (Å²) in [6, 6.07) is 0. The van der Waals surface area contributed by atoms with Crippen LogP contribution in [0, 0.1) is 5.92 Å². The van der Waals surface area contributed by atoms with Crippen LogP contribution in [0.4, 0.5) is 0 Å². The van der Waals surface area contributed by atoms with Crippen LogP contribution >= 0.6 is 0 Å². The monoisotopic (exact) mass is 291 g/mol. The van der Waals surface area contributed by atoms with Gasteiger partial charge in [-0.25, -0.2) is 0 Å². The number of ether oxygens (including phenoxy) is 3. The van der Waals surface area contributed by atoms with Crippen LogP contribution in [0.1, 0.15) is 26.7 Å². The molecule has 1 amide bonds. The van der Waals surface area contributed by atoms with Gasteiger partial charge in [0, 0.05) is 13.0 Å². The van der Waals surface area contributed by atoms with E-state index in [-0.39, 0.29) is 12.5 Å². The molecule has 0 bridgehead atoms. The number of carbonyl (C=O) groups is 1. The fraction of sp³-hybridized carbons (Fsp3) is 0.929. The zero-order chi connectivity index (χ0) is 15.1. The first-order chi connectivity index (χ1) is 9.66. The lowest BCUT2D eigenvalue weighted by Gasteiger charge is -2.08. The molecule has 0 aromatic carbocycles. The first kappa shape index (κ1) is 19.3. The summed E-state index contributed by atoms with van der Waals surface area (Å²) in [5, 5.41) is 11.3. The van der Waals surface area contributed by atoms with Crippen molar-refractivity contribution in [3.8, 4) is 0 Å². The predicted octanol–water partition coefficient (Wildman–Crippen LogP) is 0.581. The van der Waals surface area contributed by atoms with Crippen molar-refractivity contribution in [2.24, 2.45) is 5.92 Å². The highest BCUT2D eigenvalue weighted by Crippen LogP contribution is 2.02. The molecule has 0 heterocycles. The molecule has 20 heavy (non-hydrogen) atoms. The molecule has 0 atom stereocenters. The van der Waals surface area contributed by atoms with E-state index in [0.717, 1.165) is 6.42 Å². The van der Waals surface area contributed by atoms with Gasteiger partial charge < -0.3 is 24.6 Å². The Morgan fingerprint density at radius 2 is 1.55 bits per heavy atom. The molecule has 0 saturated heterocycles. The molecule has 0 fully saturated rings. The molecule has 0 saturated carbocycles. The molecule has 0 aliphatic carbocycles. The Balaban J connectivity index is 3.11. The van der Waals surface area contributed by atoms with Crippen molar-refractivity contribution in [2.75, 3.05) is 52.8 Å². The van der Waals surface area contributed by atoms with E-state index in [1.807, 2.05) is 0 Å². The van der Waals surface area contributed by atoms with Gasteiger partial charge in [0.05, 0.1) is 46.2 Å². The Morgan fingerprint density at radius 3 is 2.10 bits per heavy atom. The Labute approximate surface area is 121 Å². The molecule has 0 aromatic rings. The molecule has 0 aliphatic heterocycles. The van der Waals surface area contributed by atoms with Gasteiger partial charge in [-0.15, -0.1) is 0 Å². The second-order valence-electron chi connectivity index (χ2n) is 4.84. The average molecular weight is 291 g/mol. The van der Waals surface area contributed by atoms with Gasteiger partial charge in [-0.05, 0) is 12.3 Å². The predicted molar refractivity (Wildman–Crippen MR) is 76.6 cm³/mol. The summed E-state index contributed by atoms with van der Waals surface area (Å²) < 4.78 is 15.6. The summed E-state index contributed by atoms with van der Waals surface area (Å²) in [7, 11) is 0. The van der Waals surface area contributed by atoms with Gasteiger partial charge in [-0.3, -0.25) is 4.79 Å². The molecular weight excluding hydrogens is 262 g/mol. The van der Waals surface area contributed by atoms with E-state index in [1.54, 1.807) is 0 Å². The van der Waals surface area contributed by atoms with Crippen molar-refractivity contribution in [2.45, 2.75) is 26.7 Å². The minimum atomic E-state index is 0.0337. The molecular formula is C14H29NO5. The Hall–Kier alpha value is -0.690. The van der Waals surface area contributed by atoms with Crippen LogP contribution < -0.4 is 5.32 Å². The molecule has 6 heteroatoms. The van der Waals surface area contributed by atoms with Crippen LogP contribution in [-0.4, -0.2) is 63.8 Å². The summed E-state index contributed by atoms with van der Waals surface area (Å²) in [5.41, 5.74) is 0. The molecule has 6 nitrogen and oxygen atoms in total. The number of amides is 1. The lowest BCUT2D eigenvalue weighted by molar-refractivity contribution is -0.121. The fourth-order valence-electron chi connectivity index (χ4n) is 1.38. The molecule has 0 unspecified atom stereocenters. The van der Waals surface area contributed by atoms with Crippen LogP contribution in [0.15, 0.2) is 0 Å². The zero-order valence-electron chi connectivity index (χ0n) is 12.7. The van der Waals surface area contributed by atoms with Gasteiger partial charge in [0.1, 0.15) is 0 Å². The van der Waals surface area contributed by atoms with Gasteiger partial charge in [-0.2, -0.15) is 0 Å². The quantitative estimate of drug-likeness (QED) is 0.458. The van der Waals surface area contributed by atoms with Crippen molar-refractivity contribution in [3.05, 3.63) is 0 Å². The van der Waals surface area contributed by atoms with Gasteiger partial charge in [0.2, 0.25) is 5.91 Å². The van der Waals surface area contributed by atoms with Crippen LogP contribution in [0.2, 0.25) is 0 Å². The van der Waals surface area contributed by atoms with E-state index in [0.29, 0.717) is 58.5 Å². The maximum absolute atomic E-state index is 11.4. The third kappa shape index (κ3) is 15.4. The summed E-state index contributed by atoms with van der Waals surface area (Å²) in [5.74, 6) is 0.634. The van der Waals surface area contributed by atoms with E-state index < -0.39 is 0 Å². The maximum Gasteiger partial charge on any atom is 0.220 e. The van der Waals surface area contributed by atoms with E-state index >= 15 is 0 Å². The van der Waals surface area contributed by atoms with Crippen LogP contribution in [0.3, 0.4) is 0 Å². The number of hydrogen-bond acceptors (Lipinski definition) is 5. The van der Waals surface area contributed by atoms with Gasteiger partial charge in [0.25, 0.3) is 0 Å². The van der Waals surface area contributed by atoms with E-state index in [2.05, 4.69) is 19.2 Å². The first-order valence-electron chi connectivity index (χ1n) is 7.27. The third-order valence-electron chi connectivity index (χ3n) is 2.50. The Morgan fingerprint density at radius 1 is 1.00 bits per heavy atom. The van der Waals surface area contributed by atoms with Gasteiger partial charge in [0.15, 0.2) is 0 Å². The maximum atomic E-state index is 11.4. The second-order valence-corrected chi connectivity index (χ2v) is 4.84. The van der Waals surface area contributed by atoms with E-state index in [9.17, 15) is 4.79 Å². The Kier molecular flexibility index (Phi) is 14.2. The number of carbonyl (C=O) groups excluding carboxylic acids is 1. The van der Waals surface area contributed by atoms with Gasteiger partial charge in [-0.1, -0.05) is 13.8 Å². The summed E-state index contributed by atoms with van der Waals surface area (Å²) in [6.07, 6.45) is 1.49. The van der Waals surface area contributed by atoms with Crippen LogP contribution in [0.25, 0.3) is 0 Å². The molecule has 0 rings (SSSR count). The van der Waals surface area contributed by atoms with E-state index in [4.69, 9.17) is 19.3 Å². The first-order valence-corrected chi connectivity index (χ1v) is 7.27. The summed E-state index contributed by atoms with van der Waals surface area (Å²) in [4.78, 5) is 11.4. The van der Waals surface area contributed by atoms with Crippen molar-refractivity contribution in [1.29, 1.82) is 0 Å². The number of hydrogen-bond donors (Lipinski definition) is 2. The summed E-state index contributed by atoms with van der Waals surface area (Å²) >= 11 is 0. The van der Waals surface area contributed by atoms with Gasteiger partial charge >= 0.3 is 0 Å². The number of aliphatic hydroxyl groups is 1. The number of nitrogens with one attached hydrogen (secondary N) is 1. The Bertz CT molecular complexity index is 224. The molecule has 2 N–H and O–H groups in total. The minimum absolute atomic E-state index is 0.0337. The highest BCUT2D eigenvalue weighted by molar-refractivity contribution is 5.75. The molecule has 0 aliphatic rings. The standard InChI is InChI=1S/C14H29NO5/c1-13(2)3-4-14(17)15-5-7-18-9-11-20-12-10-19-8-6-16/h13,16H,3-12H2,1-2H3,(H,15,17). The largest absolute Gasteiger partial charge is 0.394 e. The minimum Gasteiger partial charge on any atom is -0.394 e. The SMILES string of the molecule is CC(C)CCC(=O)NCCOCCOCCOCCO. The van der Waals surface area contributed by atoms with E-state index in [1.165, 1.54) is 0 Å². The van der Waals surface area contributed by atoms with Crippen molar-refractivity contribution >= 4 is 5.91 Å². The van der Waals surface area contributed by atoms with Crippen LogP contribution in [0.5, 0.6) is 0 Å². The highest BCUT2D eigenvalue weighted by Gasteiger charge is 2.02. The average Bonchev–Trinajstić information content (AvgIpc) is 2.42. The number of rotatable bonds is 14. The molecule has 0 spiro atoms. The fourth-order valence-corrected chi connectivity index (χ4v) is 1.38. The third-order valence-corrected chi connectivity index (χ3v) is 2.50. The normalized spacial score (nSPS) is 11.0. The van der Waals surface area contributed by atoms with Crippen LogP contribution in [-0.2, 0) is 19.0 Å². The topological polar surface area (TPSA) is 77.0 Å². The molecule has 120 valence electrons. The molecule has 0 radical (unpaired) electrons. The highest BCUT2D eigenvalue weighted by atomic mass is 16.5. The van der Waals surface area contributed by atoms with Crippen molar-refractivity contribution < 1.29 is 24.1 Å². The van der Waals surface area contributed by atoms with Crippen molar-refractivity contribution in [1.82, 2.24) is 5.32 Å². The zero-order valence-corrected chi connectivity index (χ0v) is 12.7. The lowest BCUT2D eigenvalue weighted by Crippen LogP contribution is -2.27. The van der Waals surface area contributed by atoms with Crippen molar-refractivity contribution in [3.63, 3.8) is 0 Å². The summed E-state index contributed by atoms with van der Waals surface area (Å²) in [6.45, 7) is 7.60. The molecule has 0 aromatic heterocycles.